The van der Waals surface area contributed by atoms with E-state index >= 15 is 0 Å². The number of rotatable bonds is 3. The van der Waals surface area contributed by atoms with E-state index in [2.05, 4.69) is 15.9 Å². The maximum Gasteiger partial charge on any atom is 0.173 e. The van der Waals surface area contributed by atoms with Gasteiger partial charge in [-0.3, -0.25) is 4.79 Å². The van der Waals surface area contributed by atoms with Crippen LogP contribution in [-0.2, 0) is 0 Å². The first kappa shape index (κ1) is 11.3. The summed E-state index contributed by atoms with van der Waals surface area (Å²) in [5.41, 5.74) is 4.88. The zero-order chi connectivity index (χ0) is 10.7. The molecule has 1 aromatic rings. The third-order valence-corrected chi connectivity index (χ3v) is 2.32. The van der Waals surface area contributed by atoms with Crippen molar-refractivity contribution in [1.29, 1.82) is 0 Å². The van der Waals surface area contributed by atoms with Gasteiger partial charge in [0.05, 0.1) is 10.0 Å². The predicted octanol–water partition coefficient (Wildman–Crippen LogP) is 2.26. The van der Waals surface area contributed by atoms with Crippen LogP contribution in [0.1, 0.15) is 16.8 Å². The fourth-order valence-corrected chi connectivity index (χ4v) is 1.31. The van der Waals surface area contributed by atoms with Gasteiger partial charge in [0.25, 0.3) is 0 Å². The Balaban J connectivity index is 3.11. The van der Waals surface area contributed by atoms with Crippen molar-refractivity contribution < 1.29 is 13.6 Å². The molecule has 0 saturated carbocycles. The molecule has 0 unspecified atom stereocenters. The van der Waals surface area contributed by atoms with E-state index < -0.39 is 17.4 Å². The Kier molecular flexibility index (Phi) is 3.71. The third-order valence-electron chi connectivity index (χ3n) is 1.71. The standard InChI is InChI=1S/C9H8BrF2NO/c10-6-2-1-5(7(14)3-4-13)8(11)9(6)12/h1-2H,3-4,13H2. The number of carbonyl (C=O) groups excluding carboxylic acids is 1. The van der Waals surface area contributed by atoms with Crippen LogP contribution in [0.15, 0.2) is 16.6 Å². The van der Waals surface area contributed by atoms with Gasteiger partial charge in [-0.2, -0.15) is 0 Å². The highest BCUT2D eigenvalue weighted by molar-refractivity contribution is 9.10. The van der Waals surface area contributed by atoms with Crippen molar-refractivity contribution in [3.8, 4) is 0 Å². The number of halogens is 3. The Labute approximate surface area is 88.2 Å². The van der Waals surface area contributed by atoms with E-state index in [1.807, 2.05) is 0 Å². The number of benzene rings is 1. The Bertz CT molecular complexity index is 368. The van der Waals surface area contributed by atoms with Gasteiger partial charge in [0.15, 0.2) is 17.4 Å². The number of Topliss-reactive ketones (excluding diaryl/α,β-unsaturated/α-hetero) is 1. The van der Waals surface area contributed by atoms with Crippen molar-refractivity contribution in [3.05, 3.63) is 33.8 Å². The lowest BCUT2D eigenvalue weighted by Crippen LogP contribution is -2.10. The van der Waals surface area contributed by atoms with E-state index in [-0.39, 0.29) is 23.0 Å². The van der Waals surface area contributed by atoms with Gasteiger partial charge in [0, 0.05) is 6.42 Å². The van der Waals surface area contributed by atoms with Crippen LogP contribution >= 0.6 is 15.9 Å². The molecule has 14 heavy (non-hydrogen) atoms. The Morgan fingerprint density at radius 2 is 2.00 bits per heavy atom. The monoisotopic (exact) mass is 263 g/mol. The molecule has 1 aromatic carbocycles. The molecule has 0 saturated heterocycles. The molecule has 0 atom stereocenters. The Hall–Kier alpha value is -0.810. The number of nitrogens with two attached hydrogens (primary N) is 1. The van der Waals surface area contributed by atoms with Crippen LogP contribution in [0.25, 0.3) is 0 Å². The van der Waals surface area contributed by atoms with E-state index in [1.54, 1.807) is 0 Å². The molecular formula is C9H8BrF2NO. The van der Waals surface area contributed by atoms with Crippen molar-refractivity contribution in [2.24, 2.45) is 5.73 Å². The van der Waals surface area contributed by atoms with E-state index in [0.29, 0.717) is 0 Å². The average molecular weight is 264 g/mol. The second-order valence-electron chi connectivity index (χ2n) is 2.68. The lowest BCUT2D eigenvalue weighted by atomic mass is 10.1. The van der Waals surface area contributed by atoms with E-state index in [1.165, 1.54) is 12.1 Å². The first-order chi connectivity index (χ1) is 6.57. The number of hydrogen-bond acceptors (Lipinski definition) is 2. The lowest BCUT2D eigenvalue weighted by Gasteiger charge is -2.03. The molecule has 0 radical (unpaired) electrons. The van der Waals surface area contributed by atoms with Crippen molar-refractivity contribution in [2.75, 3.05) is 6.54 Å². The summed E-state index contributed by atoms with van der Waals surface area (Å²) in [5, 5.41) is 0. The van der Waals surface area contributed by atoms with Gasteiger partial charge in [0.1, 0.15) is 0 Å². The summed E-state index contributed by atoms with van der Waals surface area (Å²) in [6.07, 6.45) is 0.0119. The molecule has 0 spiro atoms. The minimum Gasteiger partial charge on any atom is -0.330 e. The predicted molar refractivity (Wildman–Crippen MR) is 52.1 cm³/mol. The maximum absolute atomic E-state index is 13.2. The maximum atomic E-state index is 13.2. The van der Waals surface area contributed by atoms with Crippen LogP contribution in [0.3, 0.4) is 0 Å². The van der Waals surface area contributed by atoms with E-state index in [0.717, 1.165) is 0 Å². The largest absolute Gasteiger partial charge is 0.330 e. The van der Waals surface area contributed by atoms with Crippen LogP contribution in [0.5, 0.6) is 0 Å². The summed E-state index contributed by atoms with van der Waals surface area (Å²) in [4.78, 5) is 11.2. The van der Waals surface area contributed by atoms with Crippen LogP contribution in [0.2, 0.25) is 0 Å². The fraction of sp³-hybridized carbons (Fsp3) is 0.222. The van der Waals surface area contributed by atoms with Gasteiger partial charge in [-0.1, -0.05) is 0 Å². The minimum absolute atomic E-state index is 0.000650. The van der Waals surface area contributed by atoms with Crippen LogP contribution in [-0.4, -0.2) is 12.3 Å². The van der Waals surface area contributed by atoms with Crippen molar-refractivity contribution in [2.45, 2.75) is 6.42 Å². The van der Waals surface area contributed by atoms with Crippen LogP contribution in [0.4, 0.5) is 8.78 Å². The normalized spacial score (nSPS) is 10.3. The van der Waals surface area contributed by atoms with Gasteiger partial charge in [-0.05, 0) is 34.6 Å². The molecule has 2 nitrogen and oxygen atoms in total. The van der Waals surface area contributed by atoms with Crippen molar-refractivity contribution >= 4 is 21.7 Å². The lowest BCUT2D eigenvalue weighted by molar-refractivity contribution is 0.0980. The number of hydrogen-bond donors (Lipinski definition) is 1. The van der Waals surface area contributed by atoms with E-state index in [4.69, 9.17) is 5.73 Å². The second kappa shape index (κ2) is 4.61. The first-order valence-electron chi connectivity index (χ1n) is 3.94. The summed E-state index contributed by atoms with van der Waals surface area (Å²) in [5.74, 6) is -2.66. The first-order valence-corrected chi connectivity index (χ1v) is 4.74. The summed E-state index contributed by atoms with van der Waals surface area (Å²) in [7, 11) is 0. The molecule has 2 N–H and O–H groups in total. The molecule has 0 aromatic heterocycles. The van der Waals surface area contributed by atoms with Crippen LogP contribution < -0.4 is 5.73 Å². The smallest absolute Gasteiger partial charge is 0.173 e. The highest BCUT2D eigenvalue weighted by Gasteiger charge is 2.16. The quantitative estimate of drug-likeness (QED) is 0.672. The minimum atomic E-state index is -1.13. The molecular weight excluding hydrogens is 256 g/mol. The summed E-state index contributed by atoms with van der Waals surface area (Å²) in [6, 6.07) is 2.53. The SMILES string of the molecule is NCCC(=O)c1ccc(Br)c(F)c1F. The fourth-order valence-electron chi connectivity index (χ4n) is 1.01. The third kappa shape index (κ3) is 2.16. The molecule has 0 heterocycles. The highest BCUT2D eigenvalue weighted by Crippen LogP contribution is 2.21. The summed E-state index contributed by atoms with van der Waals surface area (Å²) < 4.78 is 26.2. The van der Waals surface area contributed by atoms with Crippen molar-refractivity contribution in [1.82, 2.24) is 0 Å². The molecule has 0 fully saturated rings. The van der Waals surface area contributed by atoms with Crippen molar-refractivity contribution in [3.63, 3.8) is 0 Å². The molecule has 76 valence electrons. The molecule has 0 aliphatic carbocycles. The summed E-state index contributed by atoms with van der Waals surface area (Å²) >= 11 is 2.82. The Morgan fingerprint density at radius 3 is 2.57 bits per heavy atom. The molecule has 5 heteroatoms. The zero-order valence-electron chi connectivity index (χ0n) is 7.19. The second-order valence-corrected chi connectivity index (χ2v) is 3.54. The van der Waals surface area contributed by atoms with Gasteiger partial charge in [-0.25, -0.2) is 8.78 Å². The van der Waals surface area contributed by atoms with Gasteiger partial charge in [-0.15, -0.1) is 0 Å². The van der Waals surface area contributed by atoms with Gasteiger partial charge in [0.2, 0.25) is 0 Å². The average Bonchev–Trinajstić information content (AvgIpc) is 2.15. The topological polar surface area (TPSA) is 43.1 Å². The number of carbonyl (C=O) groups is 1. The highest BCUT2D eigenvalue weighted by atomic mass is 79.9. The molecule has 0 aliphatic rings. The van der Waals surface area contributed by atoms with E-state index in [9.17, 15) is 13.6 Å². The van der Waals surface area contributed by atoms with Crippen LogP contribution in [0, 0.1) is 11.6 Å². The Morgan fingerprint density at radius 1 is 1.36 bits per heavy atom. The molecule has 0 amide bonds. The number of ketones is 1. The molecule has 0 aliphatic heterocycles. The summed E-state index contributed by atoms with van der Waals surface area (Å²) in [6.45, 7) is 0.121. The molecule has 0 bridgehead atoms. The van der Waals surface area contributed by atoms with Gasteiger partial charge >= 0.3 is 0 Å². The zero-order valence-corrected chi connectivity index (χ0v) is 8.77. The molecule has 1 rings (SSSR count). The van der Waals surface area contributed by atoms with Gasteiger partial charge < -0.3 is 5.73 Å².